The molecule has 0 aromatic heterocycles. The normalized spacial score (nSPS) is 11.5. The topological polar surface area (TPSA) is 89.4 Å². The lowest BCUT2D eigenvalue weighted by atomic mass is 10.0. The fraction of sp³-hybridized carbons (Fsp3) is 0.667. The number of hydrogen-bond acceptors (Lipinski definition) is 3. The number of benzene rings is 1. The van der Waals surface area contributed by atoms with Crippen LogP contribution < -0.4 is 6.15 Å². The summed E-state index contributed by atoms with van der Waals surface area (Å²) in [5.41, 5.74) is 1.13. The molecule has 0 aliphatic rings. The Morgan fingerprint density at radius 2 is 1.35 bits per heavy atom. The molecule has 1 aromatic carbocycles. The van der Waals surface area contributed by atoms with Crippen molar-refractivity contribution < 1.29 is 13.0 Å². The fourth-order valence-electron chi connectivity index (χ4n) is 2.59. The Hall–Kier alpha value is -0.910. The van der Waals surface area contributed by atoms with Crippen molar-refractivity contribution in [1.82, 2.24) is 6.15 Å². The van der Waals surface area contributed by atoms with E-state index in [2.05, 4.69) is 13.8 Å². The van der Waals surface area contributed by atoms with Gasteiger partial charge in [0.15, 0.2) is 0 Å². The van der Waals surface area contributed by atoms with E-state index in [0.29, 0.717) is 0 Å². The molecule has 0 saturated carbocycles. The van der Waals surface area contributed by atoms with Gasteiger partial charge in [-0.05, 0) is 36.5 Å². The highest BCUT2D eigenvalue weighted by Crippen LogP contribution is 2.15. The molecule has 4 nitrogen and oxygen atoms in total. The van der Waals surface area contributed by atoms with Crippen LogP contribution in [-0.2, 0) is 16.5 Å². The van der Waals surface area contributed by atoms with Gasteiger partial charge in [0.1, 0.15) is 0 Å². The van der Waals surface area contributed by atoms with Gasteiger partial charge in [0.25, 0.3) is 10.1 Å². The van der Waals surface area contributed by atoms with Crippen molar-refractivity contribution in [2.75, 3.05) is 0 Å². The highest BCUT2D eigenvalue weighted by Gasteiger charge is 2.08. The Kier molecular flexibility index (Phi) is 11.1. The molecule has 0 bridgehead atoms. The van der Waals surface area contributed by atoms with E-state index in [1.54, 1.807) is 12.1 Å². The summed E-state index contributed by atoms with van der Waals surface area (Å²) in [6.07, 6.45) is 11.3. The number of hydrogen-bond donors (Lipinski definition) is 2. The van der Waals surface area contributed by atoms with E-state index in [1.165, 1.54) is 57.1 Å². The minimum Gasteiger partial charge on any atom is -0.344 e. The van der Waals surface area contributed by atoms with Gasteiger partial charge in [-0.3, -0.25) is 4.55 Å². The van der Waals surface area contributed by atoms with Gasteiger partial charge in [0.05, 0.1) is 4.90 Å². The summed E-state index contributed by atoms with van der Waals surface area (Å²) < 4.78 is 30.8. The van der Waals surface area contributed by atoms with Gasteiger partial charge >= 0.3 is 0 Å². The van der Waals surface area contributed by atoms with Gasteiger partial charge in [-0.15, -0.1) is 0 Å². The summed E-state index contributed by atoms with van der Waals surface area (Å²) in [6.45, 7) is 4.56. The maximum absolute atomic E-state index is 10.9. The second kappa shape index (κ2) is 11.6. The zero-order chi connectivity index (χ0) is 16.4. The molecule has 1 aromatic rings. The van der Waals surface area contributed by atoms with Crippen molar-refractivity contribution in [2.45, 2.75) is 76.5 Å². The largest absolute Gasteiger partial charge is 0.344 e. The minimum atomic E-state index is -4.07. The quantitative estimate of drug-likeness (QED) is 0.415. The second-order valence-electron chi connectivity index (χ2n) is 6.53. The molecule has 0 fully saturated rings. The first kappa shape index (κ1) is 22.1. The highest BCUT2D eigenvalue weighted by molar-refractivity contribution is 7.85. The van der Waals surface area contributed by atoms with E-state index in [0.717, 1.165) is 24.3 Å². The van der Waals surface area contributed by atoms with Gasteiger partial charge in [-0.2, -0.15) is 8.42 Å². The Bertz CT molecular complexity index is 510. The maximum atomic E-state index is 10.9. The van der Waals surface area contributed by atoms with Crippen LogP contribution in [0.15, 0.2) is 29.2 Å². The van der Waals surface area contributed by atoms with Crippen molar-refractivity contribution in [1.29, 1.82) is 0 Å². The summed E-state index contributed by atoms with van der Waals surface area (Å²) in [5, 5.41) is 0. The molecule has 0 radical (unpaired) electrons. The maximum Gasteiger partial charge on any atom is 0.294 e. The Balaban J connectivity index is 0.00000484. The van der Waals surface area contributed by atoms with Gasteiger partial charge in [-0.25, -0.2) is 0 Å². The van der Waals surface area contributed by atoms with Crippen LogP contribution in [0.3, 0.4) is 0 Å². The zero-order valence-electron chi connectivity index (χ0n) is 14.6. The van der Waals surface area contributed by atoms with E-state index in [9.17, 15) is 8.42 Å². The molecule has 0 aliphatic carbocycles. The highest BCUT2D eigenvalue weighted by atomic mass is 32.2. The van der Waals surface area contributed by atoms with Crippen molar-refractivity contribution in [3.63, 3.8) is 0 Å². The molecule has 0 aliphatic heterocycles. The van der Waals surface area contributed by atoms with Gasteiger partial charge < -0.3 is 6.15 Å². The summed E-state index contributed by atoms with van der Waals surface area (Å²) in [5.74, 6) is 0.826. The number of aryl methyl sites for hydroxylation is 1. The fourth-order valence-corrected chi connectivity index (χ4v) is 3.07. The Morgan fingerprint density at radius 1 is 0.870 bits per heavy atom. The van der Waals surface area contributed by atoms with E-state index in [-0.39, 0.29) is 11.0 Å². The monoisotopic (exact) mass is 343 g/mol. The third kappa shape index (κ3) is 10.5. The summed E-state index contributed by atoms with van der Waals surface area (Å²) >= 11 is 0. The number of unbranched alkanes of at least 4 members (excludes halogenated alkanes) is 6. The molecule has 0 saturated heterocycles. The van der Waals surface area contributed by atoms with Crippen LogP contribution in [0.5, 0.6) is 0 Å². The SMILES string of the molecule is CC(C)CCCCCCCCCc1ccc(S(=O)(=O)O)cc1.N. The molecule has 0 heterocycles. The minimum absolute atomic E-state index is 0. The molecule has 134 valence electrons. The molecule has 0 atom stereocenters. The molecule has 23 heavy (non-hydrogen) atoms. The number of rotatable bonds is 11. The van der Waals surface area contributed by atoms with Crippen molar-refractivity contribution >= 4 is 10.1 Å². The van der Waals surface area contributed by atoms with Gasteiger partial charge in [0.2, 0.25) is 0 Å². The molecule has 1 rings (SSSR count). The lowest BCUT2D eigenvalue weighted by molar-refractivity contribution is 0.483. The smallest absolute Gasteiger partial charge is 0.294 e. The van der Waals surface area contributed by atoms with Crippen LogP contribution in [0, 0.1) is 5.92 Å². The van der Waals surface area contributed by atoms with Crippen LogP contribution >= 0.6 is 0 Å². The molecular formula is C18H33NO3S. The molecule has 0 unspecified atom stereocenters. The summed E-state index contributed by atoms with van der Waals surface area (Å²) in [7, 11) is -4.07. The first-order valence-electron chi connectivity index (χ1n) is 8.46. The Labute approximate surface area is 142 Å². The third-order valence-corrected chi connectivity index (χ3v) is 4.84. The standard InChI is InChI=1S/C18H30O3S.H3N/c1-16(2)10-8-6-4-3-5-7-9-11-17-12-14-18(15-13-17)22(19,20)21;/h12-16H,3-11H2,1-2H3,(H,19,20,21);1H3. The molecule has 0 amide bonds. The average Bonchev–Trinajstić information content (AvgIpc) is 2.45. The van der Waals surface area contributed by atoms with E-state index in [1.807, 2.05) is 0 Å². The van der Waals surface area contributed by atoms with Gasteiger partial charge in [-0.1, -0.05) is 70.9 Å². The van der Waals surface area contributed by atoms with Gasteiger partial charge in [0, 0.05) is 0 Å². The first-order valence-corrected chi connectivity index (χ1v) is 9.90. The lowest BCUT2D eigenvalue weighted by Crippen LogP contribution is -1.98. The summed E-state index contributed by atoms with van der Waals surface area (Å²) in [4.78, 5) is -0.0300. The molecule has 0 spiro atoms. The average molecular weight is 344 g/mol. The third-order valence-electron chi connectivity index (χ3n) is 3.97. The van der Waals surface area contributed by atoms with E-state index < -0.39 is 10.1 Å². The summed E-state index contributed by atoms with van der Waals surface area (Å²) in [6, 6.07) is 6.52. The van der Waals surface area contributed by atoms with Crippen LogP contribution in [0.1, 0.15) is 70.8 Å². The van der Waals surface area contributed by atoms with Crippen molar-refractivity contribution in [3.8, 4) is 0 Å². The predicted molar refractivity (Wildman–Crippen MR) is 96.8 cm³/mol. The van der Waals surface area contributed by atoms with E-state index in [4.69, 9.17) is 4.55 Å². The zero-order valence-corrected chi connectivity index (χ0v) is 15.4. The van der Waals surface area contributed by atoms with Crippen molar-refractivity contribution in [2.24, 2.45) is 5.92 Å². The Morgan fingerprint density at radius 3 is 1.83 bits per heavy atom. The van der Waals surface area contributed by atoms with E-state index >= 15 is 0 Å². The first-order chi connectivity index (χ1) is 10.4. The molecule has 5 heteroatoms. The second-order valence-corrected chi connectivity index (χ2v) is 7.95. The lowest BCUT2D eigenvalue weighted by Gasteiger charge is -2.05. The predicted octanol–water partition coefficient (Wildman–Crippen LogP) is 5.41. The van der Waals surface area contributed by atoms with Crippen LogP contribution in [0.25, 0.3) is 0 Å². The molecule has 4 N–H and O–H groups in total. The van der Waals surface area contributed by atoms with Crippen LogP contribution in [0.4, 0.5) is 0 Å². The van der Waals surface area contributed by atoms with Crippen molar-refractivity contribution in [3.05, 3.63) is 29.8 Å². The van der Waals surface area contributed by atoms with Crippen LogP contribution in [0.2, 0.25) is 0 Å². The van der Waals surface area contributed by atoms with Crippen LogP contribution in [-0.4, -0.2) is 13.0 Å². The molecular weight excluding hydrogens is 310 g/mol.